The molecule has 6 N–H and O–H groups in total. The molecule has 0 radical (unpaired) electrons. The summed E-state index contributed by atoms with van der Waals surface area (Å²) in [5, 5.41) is 24.5. The molecule has 9 nitrogen and oxygen atoms in total. The third-order valence-electron chi connectivity index (χ3n) is 7.98. The minimum atomic E-state index is -5.38. The number of pyridine rings is 1. The largest absolute Gasteiger partial charge is 0.489 e. The molecule has 1 saturated carbocycles. The second-order valence-electron chi connectivity index (χ2n) is 10.9. The highest BCUT2D eigenvalue weighted by atomic mass is 35.5. The summed E-state index contributed by atoms with van der Waals surface area (Å²) in [5.74, 6) is -2.50. The lowest BCUT2D eigenvalue weighted by molar-refractivity contribution is -0.265. The minimum absolute atomic E-state index is 0.0213. The van der Waals surface area contributed by atoms with Crippen LogP contribution in [-0.2, 0) is 20.6 Å². The molecular formula is C30H28ClF4N5O4. The Bertz CT molecular complexity index is 1630. The van der Waals surface area contributed by atoms with Gasteiger partial charge in [0, 0.05) is 34.5 Å². The molecule has 14 heteroatoms. The van der Waals surface area contributed by atoms with Crippen molar-refractivity contribution in [3.63, 3.8) is 0 Å². The Balaban J connectivity index is 1.55. The van der Waals surface area contributed by atoms with Crippen LogP contribution >= 0.6 is 11.6 Å². The first-order valence-electron chi connectivity index (χ1n) is 13.7. The average molecular weight is 634 g/mol. The summed E-state index contributed by atoms with van der Waals surface area (Å²) in [6.07, 6.45) is 0.520. The Hall–Kier alpha value is -4.23. The van der Waals surface area contributed by atoms with Crippen molar-refractivity contribution in [2.75, 3.05) is 13.2 Å². The number of hydrogen-bond donors (Lipinski definition) is 5. The van der Waals surface area contributed by atoms with Crippen LogP contribution in [0.5, 0.6) is 5.75 Å². The van der Waals surface area contributed by atoms with Crippen molar-refractivity contribution in [3.8, 4) is 17.0 Å². The molecule has 2 amide bonds. The Morgan fingerprint density at radius 2 is 1.93 bits per heavy atom. The van der Waals surface area contributed by atoms with Gasteiger partial charge in [-0.05, 0) is 61.7 Å². The van der Waals surface area contributed by atoms with Crippen LogP contribution in [0.1, 0.15) is 37.4 Å². The lowest BCUT2D eigenvalue weighted by atomic mass is 9.78. The summed E-state index contributed by atoms with van der Waals surface area (Å²) in [6, 6.07) is 5.82. The first-order chi connectivity index (χ1) is 20.7. The maximum Gasteiger partial charge on any atom is 0.424 e. The predicted octanol–water partition coefficient (Wildman–Crippen LogP) is 4.00. The molecule has 3 aliphatic rings. The zero-order valence-electron chi connectivity index (χ0n) is 23.3. The van der Waals surface area contributed by atoms with Gasteiger partial charge in [-0.15, -0.1) is 0 Å². The number of allylic oxidation sites excluding steroid dienone is 3. The normalized spacial score (nSPS) is 22.0. The van der Waals surface area contributed by atoms with Crippen molar-refractivity contribution in [1.82, 2.24) is 15.6 Å². The van der Waals surface area contributed by atoms with Gasteiger partial charge < -0.3 is 26.2 Å². The molecule has 0 bridgehead atoms. The van der Waals surface area contributed by atoms with Crippen molar-refractivity contribution in [1.29, 1.82) is 5.41 Å². The number of ether oxygens (including phenoxy) is 1. The lowest BCUT2D eigenvalue weighted by Gasteiger charge is -2.32. The molecule has 5 rings (SSSR count). The second kappa shape index (κ2) is 11.4. The quantitative estimate of drug-likeness (QED) is 0.264. The van der Waals surface area contributed by atoms with Gasteiger partial charge in [0.15, 0.2) is 0 Å². The van der Waals surface area contributed by atoms with Gasteiger partial charge in [0.1, 0.15) is 29.3 Å². The van der Waals surface area contributed by atoms with Crippen LogP contribution in [-0.4, -0.2) is 53.0 Å². The Morgan fingerprint density at radius 3 is 2.52 bits per heavy atom. The Kier molecular flexibility index (Phi) is 8.06. The number of primary amides is 1. The molecule has 2 atom stereocenters. The van der Waals surface area contributed by atoms with Crippen LogP contribution in [0, 0.1) is 11.2 Å². The summed E-state index contributed by atoms with van der Waals surface area (Å²) >= 11 is 6.13. The van der Waals surface area contributed by atoms with Crippen LogP contribution in [0.25, 0.3) is 11.3 Å². The van der Waals surface area contributed by atoms with Gasteiger partial charge in [0.2, 0.25) is 11.5 Å². The second-order valence-corrected chi connectivity index (χ2v) is 11.3. The number of nitrogens with two attached hydrogens (primary N) is 1. The molecule has 2 aliphatic carbocycles. The van der Waals surface area contributed by atoms with Crippen molar-refractivity contribution < 1.29 is 37.0 Å². The van der Waals surface area contributed by atoms with Crippen molar-refractivity contribution in [2.45, 2.75) is 49.4 Å². The number of alkyl halides is 3. The minimum Gasteiger partial charge on any atom is -0.489 e. The number of rotatable bonds is 9. The number of nitrogens with one attached hydrogen (secondary N) is 3. The zero-order chi connectivity index (χ0) is 32.0. The van der Waals surface area contributed by atoms with Gasteiger partial charge in [-0.25, -0.2) is 9.37 Å². The number of benzene rings is 1. The molecular weight excluding hydrogens is 606 g/mol. The fraction of sp³-hybridized carbons (Fsp3) is 0.333. The summed E-state index contributed by atoms with van der Waals surface area (Å²) in [7, 11) is 0. The number of carbonyl (C=O) groups is 2. The summed E-state index contributed by atoms with van der Waals surface area (Å²) in [6.45, 7) is -0.0489. The van der Waals surface area contributed by atoms with E-state index in [-0.39, 0.29) is 63.5 Å². The highest BCUT2D eigenvalue weighted by Crippen LogP contribution is 2.49. The van der Waals surface area contributed by atoms with Gasteiger partial charge >= 0.3 is 6.18 Å². The first-order valence-corrected chi connectivity index (χ1v) is 14.0. The van der Waals surface area contributed by atoms with Crippen LogP contribution < -0.4 is 21.1 Å². The maximum absolute atomic E-state index is 14.7. The molecule has 0 spiro atoms. The van der Waals surface area contributed by atoms with E-state index in [1.807, 2.05) is 0 Å². The van der Waals surface area contributed by atoms with E-state index in [2.05, 4.69) is 15.6 Å². The molecule has 2 aromatic rings. The monoisotopic (exact) mass is 633 g/mol. The van der Waals surface area contributed by atoms with Crippen molar-refractivity contribution >= 4 is 29.1 Å². The summed E-state index contributed by atoms with van der Waals surface area (Å²) in [4.78, 5) is 29.8. The van der Waals surface area contributed by atoms with Crippen LogP contribution in [0.2, 0.25) is 0 Å². The van der Waals surface area contributed by atoms with Crippen LogP contribution in [0.3, 0.4) is 0 Å². The highest BCUT2D eigenvalue weighted by Gasteiger charge is 2.58. The Labute approximate surface area is 254 Å². The third kappa shape index (κ3) is 5.57. The summed E-state index contributed by atoms with van der Waals surface area (Å²) < 4.78 is 63.5. The molecule has 1 aliphatic heterocycles. The maximum atomic E-state index is 14.7. The fourth-order valence-corrected chi connectivity index (χ4v) is 5.20. The van der Waals surface area contributed by atoms with Gasteiger partial charge in [0.05, 0.1) is 23.0 Å². The molecule has 1 aromatic carbocycles. The summed E-state index contributed by atoms with van der Waals surface area (Å²) in [5.41, 5.74) is -0.534. The number of halogens is 5. The number of carbonyl (C=O) groups excluding carboxylic acids is 2. The standard InChI is InChI=1S/C30H28ClF4N5O4/c1-2-28(27(37)42)14-44-25-20(28)11-22(40-24(25)15-3-5-18(32)6-4-15)29(43,30(33,34)35)13-39-26(41)16-9-17(12-38-19-7-8-19)23(36)21(31)10-16/h3-6,9-12,19,36,38,43H,2,7-8,13-14H2,1H3,(H2,37,42)(H,39,41)/b17-12-,36-23?/t28-,29-/m0/s1. The van der Waals surface area contributed by atoms with Gasteiger partial charge in [0.25, 0.3) is 5.91 Å². The molecule has 0 saturated heterocycles. The molecule has 1 fully saturated rings. The smallest absolute Gasteiger partial charge is 0.424 e. The molecule has 232 valence electrons. The SMILES string of the molecule is CC[C@]1(C(N)=O)COc2c1cc([C@@](O)(CNC(=O)C1=C/C(=C/NC3CC3)C(=N)C(Cl)=C1)C(F)(F)F)nc2-c1ccc(F)cc1. The van der Waals surface area contributed by atoms with Gasteiger partial charge in [-0.3, -0.25) is 15.0 Å². The number of aliphatic hydroxyl groups is 1. The topological polar surface area (TPSA) is 150 Å². The number of hydrogen-bond acceptors (Lipinski definition) is 7. The van der Waals surface area contributed by atoms with Crippen molar-refractivity contribution in [2.24, 2.45) is 5.73 Å². The molecule has 2 heterocycles. The number of fused-ring (bicyclic) bond motifs is 1. The fourth-order valence-electron chi connectivity index (χ4n) is 4.97. The highest BCUT2D eigenvalue weighted by molar-refractivity contribution is 6.47. The third-order valence-corrected chi connectivity index (χ3v) is 8.27. The van der Waals surface area contributed by atoms with Crippen molar-refractivity contribution in [3.05, 3.63) is 81.9 Å². The number of aromatic nitrogens is 1. The van der Waals surface area contributed by atoms with E-state index >= 15 is 0 Å². The van der Waals surface area contributed by atoms with Gasteiger partial charge in [-0.2, -0.15) is 13.2 Å². The average Bonchev–Trinajstić information content (AvgIpc) is 3.73. The Morgan fingerprint density at radius 1 is 1.25 bits per heavy atom. The van der Waals surface area contributed by atoms with Crippen LogP contribution in [0.15, 0.2) is 64.9 Å². The van der Waals surface area contributed by atoms with E-state index in [9.17, 15) is 32.3 Å². The molecule has 44 heavy (non-hydrogen) atoms. The van der Waals surface area contributed by atoms with E-state index in [1.165, 1.54) is 24.4 Å². The van der Waals surface area contributed by atoms with E-state index in [0.29, 0.717) is 0 Å². The lowest BCUT2D eigenvalue weighted by Crippen LogP contribution is -2.52. The van der Waals surface area contributed by atoms with E-state index in [4.69, 9.17) is 27.5 Å². The zero-order valence-corrected chi connectivity index (χ0v) is 24.1. The van der Waals surface area contributed by atoms with E-state index in [0.717, 1.165) is 37.1 Å². The predicted molar refractivity (Wildman–Crippen MR) is 153 cm³/mol. The molecule has 0 unspecified atom stereocenters. The first kappa shape index (κ1) is 31.2. The van der Waals surface area contributed by atoms with Gasteiger partial charge in [-0.1, -0.05) is 18.5 Å². The van der Waals surface area contributed by atoms with Crippen LogP contribution in [0.4, 0.5) is 17.6 Å². The van der Waals surface area contributed by atoms with E-state index < -0.39 is 47.1 Å². The van der Waals surface area contributed by atoms with E-state index in [1.54, 1.807) is 6.92 Å². The number of amides is 2. The molecule has 1 aromatic heterocycles. The number of nitrogens with zero attached hydrogens (tertiary/aromatic N) is 1.